The molecule has 3 rings (SSSR count). The molecule has 1 aliphatic heterocycles. The van der Waals surface area contributed by atoms with E-state index in [0.29, 0.717) is 23.6 Å². The van der Waals surface area contributed by atoms with E-state index in [9.17, 15) is 15.0 Å². The number of aromatic hydroxyl groups is 1. The second-order valence-electron chi connectivity index (χ2n) is 7.78. The SMILES string of the molecule is CCOc1ccc(CC(C)(C)NC[C@H](O)c2cc(O)cc3c2OCC(=O)N3)cc1. The number of carbonyl (C=O) groups is 1. The first-order valence-electron chi connectivity index (χ1n) is 9.72. The van der Waals surface area contributed by atoms with Crippen LogP contribution >= 0.6 is 0 Å². The Morgan fingerprint density at radius 3 is 2.69 bits per heavy atom. The van der Waals surface area contributed by atoms with Gasteiger partial charge in [0.2, 0.25) is 0 Å². The first-order valence-corrected chi connectivity index (χ1v) is 9.72. The van der Waals surface area contributed by atoms with Gasteiger partial charge in [-0.2, -0.15) is 0 Å². The molecule has 156 valence electrons. The van der Waals surface area contributed by atoms with Crippen LogP contribution in [-0.4, -0.2) is 41.4 Å². The minimum atomic E-state index is -0.912. The molecule has 0 spiro atoms. The molecule has 0 saturated heterocycles. The van der Waals surface area contributed by atoms with Crippen LogP contribution in [0.1, 0.15) is 38.0 Å². The van der Waals surface area contributed by atoms with Gasteiger partial charge in [0, 0.05) is 23.7 Å². The Kier molecular flexibility index (Phi) is 6.30. The van der Waals surface area contributed by atoms with E-state index in [4.69, 9.17) is 9.47 Å². The summed E-state index contributed by atoms with van der Waals surface area (Å²) in [5, 5.41) is 26.7. The molecule has 7 heteroatoms. The van der Waals surface area contributed by atoms with Crippen LogP contribution in [0.3, 0.4) is 0 Å². The molecule has 1 aliphatic rings. The Labute approximate surface area is 170 Å². The Morgan fingerprint density at radius 2 is 2.00 bits per heavy atom. The monoisotopic (exact) mass is 400 g/mol. The molecule has 29 heavy (non-hydrogen) atoms. The summed E-state index contributed by atoms with van der Waals surface area (Å²) in [7, 11) is 0. The number of rotatable bonds is 8. The van der Waals surface area contributed by atoms with Gasteiger partial charge in [-0.1, -0.05) is 12.1 Å². The highest BCUT2D eigenvalue weighted by Gasteiger charge is 2.26. The van der Waals surface area contributed by atoms with Gasteiger partial charge < -0.3 is 30.3 Å². The van der Waals surface area contributed by atoms with E-state index in [1.165, 1.54) is 12.1 Å². The molecular formula is C22H28N2O5. The predicted molar refractivity (Wildman–Crippen MR) is 111 cm³/mol. The predicted octanol–water partition coefficient (Wildman–Crippen LogP) is 2.77. The van der Waals surface area contributed by atoms with Gasteiger partial charge in [0.1, 0.15) is 17.2 Å². The fourth-order valence-corrected chi connectivity index (χ4v) is 3.39. The van der Waals surface area contributed by atoms with Crippen molar-refractivity contribution in [3.05, 3.63) is 47.5 Å². The highest BCUT2D eigenvalue weighted by atomic mass is 16.5. The van der Waals surface area contributed by atoms with Gasteiger partial charge in [-0.05, 0) is 51.0 Å². The van der Waals surface area contributed by atoms with Crippen molar-refractivity contribution in [1.82, 2.24) is 5.32 Å². The van der Waals surface area contributed by atoms with Gasteiger partial charge in [0.25, 0.3) is 5.91 Å². The van der Waals surface area contributed by atoms with E-state index < -0.39 is 6.10 Å². The largest absolute Gasteiger partial charge is 0.508 e. The Bertz CT molecular complexity index is 864. The standard InChI is InChI=1S/C22H28N2O5/c1-4-28-16-7-5-14(6-8-16)11-22(2,3)23-12-19(26)17-9-15(25)10-18-21(17)29-13-20(27)24-18/h5-10,19,23,25-26H,4,11-13H2,1-3H3,(H,24,27)/t19-/m0/s1. The zero-order valence-corrected chi connectivity index (χ0v) is 17.0. The van der Waals surface area contributed by atoms with Crippen LogP contribution in [0, 0.1) is 0 Å². The molecule has 4 N–H and O–H groups in total. The molecule has 0 bridgehead atoms. The molecular weight excluding hydrogens is 372 g/mol. The fourth-order valence-electron chi connectivity index (χ4n) is 3.39. The zero-order chi connectivity index (χ0) is 21.0. The van der Waals surface area contributed by atoms with Crippen molar-refractivity contribution in [3.63, 3.8) is 0 Å². The molecule has 0 saturated carbocycles. The van der Waals surface area contributed by atoms with Crippen LogP contribution < -0.4 is 20.1 Å². The van der Waals surface area contributed by atoms with Gasteiger partial charge in [0.05, 0.1) is 18.4 Å². The molecule has 0 fully saturated rings. The number of aliphatic hydroxyl groups is 1. The average molecular weight is 400 g/mol. The van der Waals surface area contributed by atoms with Gasteiger partial charge in [-0.3, -0.25) is 4.79 Å². The van der Waals surface area contributed by atoms with Crippen LogP contribution in [0.25, 0.3) is 0 Å². The maximum absolute atomic E-state index is 11.5. The smallest absolute Gasteiger partial charge is 0.262 e. The highest BCUT2D eigenvalue weighted by Crippen LogP contribution is 2.38. The topological polar surface area (TPSA) is 100 Å². The van der Waals surface area contributed by atoms with Gasteiger partial charge in [-0.15, -0.1) is 0 Å². The van der Waals surface area contributed by atoms with Crippen LogP contribution in [0.5, 0.6) is 17.2 Å². The number of β-amino-alcohol motifs (C(OH)–C–C–N with tert-alkyl or cyclic N) is 1. The number of benzene rings is 2. The third kappa shape index (κ3) is 5.40. The molecule has 0 aliphatic carbocycles. The van der Waals surface area contributed by atoms with E-state index in [0.717, 1.165) is 17.7 Å². The number of phenols is 1. The van der Waals surface area contributed by atoms with E-state index in [1.54, 1.807) is 0 Å². The third-order valence-electron chi connectivity index (χ3n) is 4.74. The molecule has 1 heterocycles. The number of hydrogen-bond donors (Lipinski definition) is 4. The quantitative estimate of drug-likeness (QED) is 0.544. The second kappa shape index (κ2) is 8.71. The van der Waals surface area contributed by atoms with Crippen LogP contribution in [0.2, 0.25) is 0 Å². The van der Waals surface area contributed by atoms with E-state index >= 15 is 0 Å². The summed E-state index contributed by atoms with van der Waals surface area (Å²) < 4.78 is 11.0. The normalized spacial score (nSPS) is 14.6. The molecule has 0 aromatic heterocycles. The highest BCUT2D eigenvalue weighted by molar-refractivity contribution is 5.96. The fraction of sp³-hybridized carbons (Fsp3) is 0.409. The lowest BCUT2D eigenvalue weighted by Crippen LogP contribution is -2.43. The number of hydrogen-bond acceptors (Lipinski definition) is 6. The average Bonchev–Trinajstić information content (AvgIpc) is 2.66. The molecule has 0 radical (unpaired) electrons. The number of fused-ring (bicyclic) bond motifs is 1. The summed E-state index contributed by atoms with van der Waals surface area (Å²) >= 11 is 0. The summed E-state index contributed by atoms with van der Waals surface area (Å²) in [5.74, 6) is 0.898. The summed E-state index contributed by atoms with van der Waals surface area (Å²) in [6.07, 6.45) is -0.151. The van der Waals surface area contributed by atoms with Gasteiger partial charge in [0.15, 0.2) is 6.61 Å². The van der Waals surface area contributed by atoms with E-state index in [2.05, 4.69) is 24.5 Å². The van der Waals surface area contributed by atoms with Crippen molar-refractivity contribution < 1.29 is 24.5 Å². The van der Waals surface area contributed by atoms with E-state index in [-0.39, 0.29) is 30.3 Å². The summed E-state index contributed by atoms with van der Waals surface area (Å²) in [6.45, 7) is 6.85. The molecule has 1 amide bonds. The number of ether oxygens (including phenoxy) is 2. The van der Waals surface area contributed by atoms with E-state index in [1.807, 2.05) is 31.2 Å². The maximum Gasteiger partial charge on any atom is 0.262 e. The van der Waals surface area contributed by atoms with Crippen LogP contribution in [0.15, 0.2) is 36.4 Å². The first kappa shape index (κ1) is 21.0. The van der Waals surface area contributed by atoms with Crippen molar-refractivity contribution >= 4 is 11.6 Å². The lowest BCUT2D eigenvalue weighted by Gasteiger charge is -2.29. The van der Waals surface area contributed by atoms with Crippen molar-refractivity contribution in [2.24, 2.45) is 0 Å². The number of nitrogens with one attached hydrogen (secondary N) is 2. The Balaban J connectivity index is 1.65. The van der Waals surface area contributed by atoms with Crippen LogP contribution in [-0.2, 0) is 11.2 Å². The molecule has 0 unspecified atom stereocenters. The van der Waals surface area contributed by atoms with Crippen molar-refractivity contribution in [1.29, 1.82) is 0 Å². The van der Waals surface area contributed by atoms with Crippen LogP contribution in [0.4, 0.5) is 5.69 Å². The first-order chi connectivity index (χ1) is 13.8. The second-order valence-corrected chi connectivity index (χ2v) is 7.78. The number of aliphatic hydroxyl groups excluding tert-OH is 1. The Hall–Kier alpha value is -2.77. The summed E-state index contributed by atoms with van der Waals surface area (Å²) in [6, 6.07) is 10.8. The summed E-state index contributed by atoms with van der Waals surface area (Å²) in [5.41, 5.74) is 1.68. The number of carbonyl (C=O) groups excluding carboxylic acids is 1. The van der Waals surface area contributed by atoms with Gasteiger partial charge in [-0.25, -0.2) is 0 Å². The lowest BCUT2D eigenvalue weighted by atomic mass is 9.94. The molecule has 2 aromatic rings. The van der Waals surface area contributed by atoms with Crippen molar-refractivity contribution in [3.8, 4) is 17.2 Å². The lowest BCUT2D eigenvalue weighted by molar-refractivity contribution is -0.118. The Morgan fingerprint density at radius 1 is 1.28 bits per heavy atom. The van der Waals surface area contributed by atoms with Crippen molar-refractivity contribution in [2.45, 2.75) is 38.8 Å². The molecule has 1 atom stereocenters. The summed E-state index contributed by atoms with van der Waals surface area (Å²) in [4.78, 5) is 11.5. The zero-order valence-electron chi connectivity index (χ0n) is 17.0. The van der Waals surface area contributed by atoms with Gasteiger partial charge >= 0.3 is 0 Å². The maximum atomic E-state index is 11.5. The number of anilines is 1. The number of phenolic OH excluding ortho intramolecular Hbond substituents is 1. The number of amides is 1. The minimum Gasteiger partial charge on any atom is -0.508 e. The van der Waals surface area contributed by atoms with Crippen molar-refractivity contribution in [2.75, 3.05) is 25.1 Å². The third-order valence-corrected chi connectivity index (χ3v) is 4.74. The minimum absolute atomic E-state index is 0.0442. The molecule has 7 nitrogen and oxygen atoms in total. The molecule has 2 aromatic carbocycles.